The number of nitro groups is 2. The molecule has 1 aromatic carbocycles. The maximum atomic E-state index is 11.6. The molecule has 1 rings (SSSR count). The number of esters is 1. The predicted octanol–water partition coefficient (Wildman–Crippen LogP) is 0.563. The lowest BCUT2D eigenvalue weighted by Gasteiger charge is -2.14. The molecule has 0 aliphatic heterocycles. The number of nitro benzene ring substituents is 2. The van der Waals surface area contributed by atoms with Crippen molar-refractivity contribution in [2.75, 3.05) is 13.4 Å². The maximum Gasteiger partial charge on any atom is 0.336 e. The van der Waals surface area contributed by atoms with Gasteiger partial charge in [-0.15, -0.1) is 0 Å². The Bertz CT molecular complexity index is 712. The third-order valence-electron chi connectivity index (χ3n) is 2.66. The normalized spacial score (nSPS) is 12.4. The smallest absolute Gasteiger partial charge is 0.336 e. The van der Waals surface area contributed by atoms with Crippen molar-refractivity contribution in [3.63, 3.8) is 0 Å². The van der Waals surface area contributed by atoms with E-state index in [4.69, 9.17) is 0 Å². The Morgan fingerprint density at radius 2 is 1.70 bits per heavy atom. The van der Waals surface area contributed by atoms with Gasteiger partial charge in [0.05, 0.1) is 23.2 Å². The molecule has 0 N–H and O–H groups in total. The topological polar surface area (TPSA) is 156 Å². The molecule has 1 aromatic rings. The zero-order valence-electron chi connectivity index (χ0n) is 12.0. The van der Waals surface area contributed by atoms with Crippen molar-refractivity contribution in [2.45, 2.75) is 12.5 Å². The number of carbonyl (C=O) groups is 1. The Balaban J connectivity index is 3.39. The molecule has 1 atom stereocenters. The van der Waals surface area contributed by atoms with Gasteiger partial charge in [0.15, 0.2) is 6.10 Å². The monoisotopic (exact) mass is 348 g/mol. The van der Waals surface area contributed by atoms with Crippen LogP contribution in [0.5, 0.6) is 0 Å². The molecule has 23 heavy (non-hydrogen) atoms. The minimum Gasteiger partial charge on any atom is -0.467 e. The molecule has 0 amide bonds. The van der Waals surface area contributed by atoms with Crippen molar-refractivity contribution >= 4 is 27.5 Å². The van der Waals surface area contributed by atoms with Crippen molar-refractivity contribution in [3.8, 4) is 0 Å². The summed E-state index contributed by atoms with van der Waals surface area (Å²) >= 11 is 0. The zero-order chi connectivity index (χ0) is 17.8. The minimum absolute atomic E-state index is 0.443. The van der Waals surface area contributed by atoms with E-state index in [9.17, 15) is 33.4 Å². The second-order valence-corrected chi connectivity index (χ2v) is 5.91. The molecule has 0 aliphatic carbocycles. The third kappa shape index (κ3) is 4.96. The standard InChI is InChI=1S/C11H12N2O9S/c1-21-11(14)10(22-23(2,19)20)6-7-8(12(15)16)4-3-5-9(7)13(17)18/h3-5,10H,6H2,1-2H3. The lowest BCUT2D eigenvalue weighted by Crippen LogP contribution is -2.30. The van der Waals surface area contributed by atoms with Gasteiger partial charge in [0, 0.05) is 18.6 Å². The lowest BCUT2D eigenvalue weighted by atomic mass is 10.0. The number of methoxy groups -OCH3 is 1. The van der Waals surface area contributed by atoms with E-state index in [0.717, 1.165) is 25.3 Å². The molecule has 12 heteroatoms. The van der Waals surface area contributed by atoms with E-state index in [1.165, 1.54) is 0 Å². The van der Waals surface area contributed by atoms with Crippen LogP contribution in [0.25, 0.3) is 0 Å². The van der Waals surface area contributed by atoms with Crippen molar-refractivity contribution in [1.29, 1.82) is 0 Å². The van der Waals surface area contributed by atoms with Crippen molar-refractivity contribution in [1.82, 2.24) is 0 Å². The molecule has 0 saturated carbocycles. The molecule has 0 aromatic heterocycles. The number of rotatable bonds is 7. The van der Waals surface area contributed by atoms with Gasteiger partial charge < -0.3 is 4.74 Å². The minimum atomic E-state index is -4.11. The van der Waals surface area contributed by atoms with E-state index in [-0.39, 0.29) is 0 Å². The highest BCUT2D eigenvalue weighted by atomic mass is 32.2. The van der Waals surface area contributed by atoms with E-state index < -0.39 is 55.4 Å². The Morgan fingerprint density at radius 1 is 1.22 bits per heavy atom. The van der Waals surface area contributed by atoms with Gasteiger partial charge in [-0.05, 0) is 6.07 Å². The molecule has 126 valence electrons. The predicted molar refractivity (Wildman–Crippen MR) is 75.2 cm³/mol. The van der Waals surface area contributed by atoms with Crippen LogP contribution in [0, 0.1) is 20.2 Å². The van der Waals surface area contributed by atoms with Gasteiger partial charge >= 0.3 is 5.97 Å². The molecule has 11 nitrogen and oxygen atoms in total. The summed E-state index contributed by atoms with van der Waals surface area (Å²) in [5.41, 5.74) is -1.71. The molecule has 1 unspecified atom stereocenters. The highest BCUT2D eigenvalue weighted by Gasteiger charge is 2.33. The van der Waals surface area contributed by atoms with Crippen LogP contribution in [-0.2, 0) is 30.3 Å². The number of carbonyl (C=O) groups excluding carboxylic acids is 1. The zero-order valence-corrected chi connectivity index (χ0v) is 12.8. The summed E-state index contributed by atoms with van der Waals surface area (Å²) in [6, 6.07) is 3.10. The van der Waals surface area contributed by atoms with Gasteiger partial charge in [0.1, 0.15) is 5.56 Å². The van der Waals surface area contributed by atoms with E-state index >= 15 is 0 Å². The molecule has 0 bridgehead atoms. The number of ether oxygens (including phenoxy) is 1. The molecule has 0 spiro atoms. The van der Waals surface area contributed by atoms with Crippen molar-refractivity contribution < 1.29 is 32.0 Å². The summed E-state index contributed by atoms with van der Waals surface area (Å²) in [4.78, 5) is 31.9. The number of hydrogen-bond donors (Lipinski definition) is 0. The Hall–Kier alpha value is -2.60. The van der Waals surface area contributed by atoms with Crippen LogP contribution in [0.4, 0.5) is 11.4 Å². The summed E-state index contributed by atoms with van der Waals surface area (Å²) < 4.78 is 31.3. The molecular weight excluding hydrogens is 336 g/mol. The van der Waals surface area contributed by atoms with E-state index in [1.807, 2.05) is 0 Å². The Kier molecular flexibility index (Phi) is 5.70. The quantitative estimate of drug-likeness (QED) is 0.297. The van der Waals surface area contributed by atoms with Gasteiger partial charge in [-0.1, -0.05) is 0 Å². The largest absolute Gasteiger partial charge is 0.467 e. The highest BCUT2D eigenvalue weighted by Crippen LogP contribution is 2.30. The first-order valence-electron chi connectivity index (χ1n) is 5.93. The maximum absolute atomic E-state index is 11.6. The summed E-state index contributed by atoms with van der Waals surface area (Å²) in [5, 5.41) is 22.0. The summed E-state index contributed by atoms with van der Waals surface area (Å²) in [7, 11) is -3.15. The van der Waals surface area contributed by atoms with Crippen LogP contribution >= 0.6 is 0 Å². The second-order valence-electron chi connectivity index (χ2n) is 4.31. The first kappa shape index (κ1) is 18.4. The average Bonchev–Trinajstić information content (AvgIpc) is 2.43. The van der Waals surface area contributed by atoms with E-state index in [0.29, 0.717) is 6.26 Å². The van der Waals surface area contributed by atoms with Crippen molar-refractivity contribution in [3.05, 3.63) is 44.0 Å². The van der Waals surface area contributed by atoms with Crippen LogP contribution < -0.4 is 0 Å². The molecule has 0 radical (unpaired) electrons. The van der Waals surface area contributed by atoms with Crippen LogP contribution in [0.2, 0.25) is 0 Å². The van der Waals surface area contributed by atoms with Gasteiger partial charge in [0.2, 0.25) is 0 Å². The molecule has 0 saturated heterocycles. The van der Waals surface area contributed by atoms with Gasteiger partial charge in [-0.2, -0.15) is 8.42 Å². The summed E-state index contributed by atoms with van der Waals surface area (Å²) in [5.74, 6) is -1.14. The number of hydrogen-bond acceptors (Lipinski definition) is 9. The Morgan fingerprint density at radius 3 is 2.04 bits per heavy atom. The molecular formula is C11H12N2O9S. The van der Waals surface area contributed by atoms with Crippen LogP contribution in [0.15, 0.2) is 18.2 Å². The molecule has 0 aliphatic rings. The van der Waals surface area contributed by atoms with Crippen LogP contribution in [0.3, 0.4) is 0 Å². The average molecular weight is 348 g/mol. The summed E-state index contributed by atoms with van der Waals surface area (Å²) in [6.07, 6.45) is -1.83. The number of benzene rings is 1. The first-order valence-corrected chi connectivity index (χ1v) is 7.75. The SMILES string of the molecule is COC(=O)C(Cc1c([N+](=O)[O-])cccc1[N+](=O)[O-])OS(C)(=O)=O. The fourth-order valence-electron chi connectivity index (χ4n) is 1.80. The van der Waals surface area contributed by atoms with Crippen LogP contribution in [-0.4, -0.2) is 43.7 Å². The fraction of sp³-hybridized carbons (Fsp3) is 0.364. The second kappa shape index (κ2) is 7.11. The van der Waals surface area contributed by atoms with Gasteiger partial charge in [-0.25, -0.2) is 4.79 Å². The Labute approximate surface area is 130 Å². The van der Waals surface area contributed by atoms with Gasteiger partial charge in [0.25, 0.3) is 21.5 Å². The highest BCUT2D eigenvalue weighted by molar-refractivity contribution is 7.86. The van der Waals surface area contributed by atoms with Crippen LogP contribution in [0.1, 0.15) is 5.56 Å². The molecule has 0 fully saturated rings. The number of nitrogens with zero attached hydrogens (tertiary/aromatic N) is 2. The fourth-order valence-corrected chi connectivity index (χ4v) is 2.37. The molecule has 0 heterocycles. The first-order chi connectivity index (χ1) is 10.6. The van der Waals surface area contributed by atoms with E-state index in [2.05, 4.69) is 8.92 Å². The third-order valence-corrected chi connectivity index (χ3v) is 3.25. The van der Waals surface area contributed by atoms with E-state index in [1.54, 1.807) is 0 Å². The summed E-state index contributed by atoms with van der Waals surface area (Å²) in [6.45, 7) is 0. The lowest BCUT2D eigenvalue weighted by molar-refractivity contribution is -0.395. The van der Waals surface area contributed by atoms with Gasteiger partial charge in [-0.3, -0.25) is 24.4 Å². The van der Waals surface area contributed by atoms with Crippen molar-refractivity contribution in [2.24, 2.45) is 0 Å².